The fourth-order valence-corrected chi connectivity index (χ4v) is 4.03. The number of nitrogens with two attached hydrogens (primary N) is 1. The highest BCUT2D eigenvalue weighted by Crippen LogP contribution is 2.35. The van der Waals surface area contributed by atoms with Gasteiger partial charge in [0, 0.05) is 35.6 Å². The van der Waals surface area contributed by atoms with Gasteiger partial charge in [0.25, 0.3) is 0 Å². The fraction of sp³-hybridized carbons (Fsp3) is 0.148. The second-order valence-corrected chi connectivity index (χ2v) is 8.14. The molecule has 3 aromatic carbocycles. The first kappa shape index (κ1) is 21.5. The lowest BCUT2D eigenvalue weighted by Crippen LogP contribution is -2.17. The highest BCUT2D eigenvalue weighted by molar-refractivity contribution is 5.93. The van der Waals surface area contributed by atoms with E-state index in [1.807, 2.05) is 42.5 Å². The Morgan fingerprint density at radius 3 is 2.53 bits per heavy atom. The van der Waals surface area contributed by atoms with E-state index in [2.05, 4.69) is 27.3 Å². The minimum atomic E-state index is -0.511. The Kier molecular flexibility index (Phi) is 6.07. The van der Waals surface area contributed by atoms with Crippen LogP contribution in [0.3, 0.4) is 0 Å². The third-order valence-electron chi connectivity index (χ3n) is 5.72. The van der Waals surface area contributed by atoms with Crippen LogP contribution in [-0.2, 0) is 0 Å². The van der Waals surface area contributed by atoms with Crippen molar-refractivity contribution >= 4 is 23.2 Å². The van der Waals surface area contributed by atoms with Crippen LogP contribution in [0.1, 0.15) is 23.2 Å². The third kappa shape index (κ3) is 4.83. The predicted molar refractivity (Wildman–Crippen MR) is 134 cm³/mol. The van der Waals surface area contributed by atoms with Crippen molar-refractivity contribution in [1.82, 2.24) is 9.97 Å². The summed E-state index contributed by atoms with van der Waals surface area (Å²) in [5.74, 6) is 0.924. The van der Waals surface area contributed by atoms with Crippen molar-refractivity contribution in [2.45, 2.75) is 12.8 Å². The number of primary amides is 1. The van der Waals surface area contributed by atoms with Crippen molar-refractivity contribution in [3.05, 3.63) is 90.6 Å². The van der Waals surface area contributed by atoms with Gasteiger partial charge in [-0.15, -0.1) is 0 Å². The summed E-state index contributed by atoms with van der Waals surface area (Å²) in [5, 5.41) is 3.25. The Balaban J connectivity index is 1.53. The van der Waals surface area contributed by atoms with E-state index in [9.17, 15) is 4.79 Å². The highest BCUT2D eigenvalue weighted by Gasteiger charge is 2.17. The average molecular weight is 452 g/mol. The van der Waals surface area contributed by atoms with Gasteiger partial charge in [0.15, 0.2) is 5.75 Å². The molecule has 34 heavy (non-hydrogen) atoms. The number of hydrogen-bond acceptors (Lipinski definition) is 6. The number of aromatic nitrogens is 2. The summed E-state index contributed by atoms with van der Waals surface area (Å²) >= 11 is 0. The zero-order valence-corrected chi connectivity index (χ0v) is 18.6. The SMILES string of the molecule is NC(=O)c1cccc(Oc2cnc(Nc3ccccc3)nc2-c2cccc(N3CCCC3)c2)c1. The van der Waals surface area contributed by atoms with Gasteiger partial charge in [-0.3, -0.25) is 4.79 Å². The number of hydrogen-bond donors (Lipinski definition) is 2. The number of ether oxygens (including phenoxy) is 1. The van der Waals surface area contributed by atoms with Crippen LogP contribution >= 0.6 is 0 Å². The van der Waals surface area contributed by atoms with Gasteiger partial charge < -0.3 is 20.7 Å². The number of anilines is 3. The van der Waals surface area contributed by atoms with Crippen LogP contribution in [0.4, 0.5) is 17.3 Å². The molecule has 1 aliphatic heterocycles. The number of para-hydroxylation sites is 1. The number of carbonyl (C=O) groups excluding carboxylic acids is 1. The van der Waals surface area contributed by atoms with Gasteiger partial charge >= 0.3 is 0 Å². The second kappa shape index (κ2) is 9.62. The molecule has 0 aliphatic carbocycles. The Hall–Kier alpha value is -4.39. The van der Waals surface area contributed by atoms with Gasteiger partial charge in [-0.2, -0.15) is 0 Å². The molecule has 7 heteroatoms. The number of rotatable bonds is 7. The lowest BCUT2D eigenvalue weighted by atomic mass is 10.1. The number of carbonyl (C=O) groups is 1. The van der Waals surface area contributed by atoms with Crippen LogP contribution in [-0.4, -0.2) is 29.0 Å². The molecular weight excluding hydrogens is 426 g/mol. The van der Waals surface area contributed by atoms with E-state index in [1.165, 1.54) is 12.8 Å². The first-order valence-electron chi connectivity index (χ1n) is 11.3. The minimum absolute atomic E-state index is 0.373. The Bertz CT molecular complexity index is 1300. The molecule has 5 rings (SSSR count). The summed E-state index contributed by atoms with van der Waals surface area (Å²) in [5.41, 5.74) is 9.43. The summed E-state index contributed by atoms with van der Waals surface area (Å²) in [6.07, 6.45) is 4.05. The molecule has 0 atom stereocenters. The fourth-order valence-electron chi connectivity index (χ4n) is 4.03. The van der Waals surface area contributed by atoms with Crippen LogP contribution in [0.5, 0.6) is 11.5 Å². The van der Waals surface area contributed by atoms with Crippen LogP contribution in [0.15, 0.2) is 85.1 Å². The number of benzene rings is 3. The summed E-state index contributed by atoms with van der Waals surface area (Å²) in [4.78, 5) is 23.3. The normalized spacial score (nSPS) is 13.0. The second-order valence-electron chi connectivity index (χ2n) is 8.14. The topological polar surface area (TPSA) is 93.4 Å². The third-order valence-corrected chi connectivity index (χ3v) is 5.72. The molecule has 0 bridgehead atoms. The smallest absolute Gasteiger partial charge is 0.248 e. The maximum absolute atomic E-state index is 11.6. The van der Waals surface area contributed by atoms with E-state index in [0.29, 0.717) is 28.7 Å². The number of amides is 1. The van der Waals surface area contributed by atoms with Gasteiger partial charge in [0.2, 0.25) is 11.9 Å². The van der Waals surface area contributed by atoms with Crippen molar-refractivity contribution in [2.24, 2.45) is 5.73 Å². The molecule has 1 saturated heterocycles. The maximum Gasteiger partial charge on any atom is 0.248 e. The summed E-state index contributed by atoms with van der Waals surface area (Å²) in [7, 11) is 0. The quantitative estimate of drug-likeness (QED) is 0.392. The highest BCUT2D eigenvalue weighted by atomic mass is 16.5. The maximum atomic E-state index is 11.6. The lowest BCUT2D eigenvalue weighted by Gasteiger charge is -2.19. The average Bonchev–Trinajstić information content (AvgIpc) is 3.41. The predicted octanol–water partition coefficient (Wildman–Crippen LogP) is 5.38. The zero-order valence-electron chi connectivity index (χ0n) is 18.6. The molecule has 0 unspecified atom stereocenters. The van der Waals surface area contributed by atoms with Gasteiger partial charge in [0.05, 0.1) is 6.20 Å². The monoisotopic (exact) mass is 451 g/mol. The van der Waals surface area contributed by atoms with Crippen LogP contribution in [0.25, 0.3) is 11.3 Å². The first-order chi connectivity index (χ1) is 16.7. The van der Waals surface area contributed by atoms with E-state index < -0.39 is 5.91 Å². The van der Waals surface area contributed by atoms with Gasteiger partial charge in [-0.25, -0.2) is 9.97 Å². The van der Waals surface area contributed by atoms with Gasteiger partial charge in [0.1, 0.15) is 11.4 Å². The van der Waals surface area contributed by atoms with Crippen molar-refractivity contribution in [3.8, 4) is 22.8 Å². The van der Waals surface area contributed by atoms with E-state index in [0.717, 1.165) is 30.0 Å². The van der Waals surface area contributed by atoms with E-state index in [-0.39, 0.29) is 0 Å². The van der Waals surface area contributed by atoms with E-state index >= 15 is 0 Å². The lowest BCUT2D eigenvalue weighted by molar-refractivity contribution is 0.1000. The van der Waals surface area contributed by atoms with Crippen LogP contribution in [0.2, 0.25) is 0 Å². The molecule has 0 saturated carbocycles. The Morgan fingerprint density at radius 1 is 0.941 bits per heavy atom. The molecule has 1 fully saturated rings. The standard InChI is InChI=1S/C27H25N5O2/c28-26(33)20-9-7-13-23(17-20)34-24-18-29-27(30-21-10-2-1-3-11-21)31-25(24)19-8-6-12-22(16-19)32-14-4-5-15-32/h1-3,6-13,16-18H,4-5,14-15H2,(H2,28,33)(H,29,30,31). The van der Waals surface area contributed by atoms with Crippen LogP contribution in [0, 0.1) is 0 Å². The largest absolute Gasteiger partial charge is 0.453 e. The molecular formula is C27H25N5O2. The molecule has 1 aromatic heterocycles. The Morgan fingerprint density at radius 2 is 1.74 bits per heavy atom. The molecule has 3 N–H and O–H groups in total. The Labute approximate surface area is 198 Å². The summed E-state index contributed by atoms with van der Waals surface area (Å²) in [6.45, 7) is 2.11. The molecule has 0 radical (unpaired) electrons. The van der Waals surface area contributed by atoms with Crippen molar-refractivity contribution in [1.29, 1.82) is 0 Å². The van der Waals surface area contributed by atoms with Crippen molar-refractivity contribution in [2.75, 3.05) is 23.3 Å². The van der Waals surface area contributed by atoms with E-state index in [4.69, 9.17) is 15.5 Å². The molecule has 2 heterocycles. The minimum Gasteiger partial charge on any atom is -0.453 e. The molecule has 170 valence electrons. The molecule has 4 aromatic rings. The molecule has 0 spiro atoms. The summed E-state index contributed by atoms with van der Waals surface area (Å²) < 4.78 is 6.15. The first-order valence-corrected chi connectivity index (χ1v) is 11.3. The van der Waals surface area contributed by atoms with E-state index in [1.54, 1.807) is 30.5 Å². The van der Waals surface area contributed by atoms with Gasteiger partial charge in [-0.05, 0) is 55.3 Å². The van der Waals surface area contributed by atoms with Crippen molar-refractivity contribution in [3.63, 3.8) is 0 Å². The van der Waals surface area contributed by atoms with Crippen molar-refractivity contribution < 1.29 is 9.53 Å². The molecule has 1 amide bonds. The molecule has 7 nitrogen and oxygen atoms in total. The summed E-state index contributed by atoms with van der Waals surface area (Å²) in [6, 6.07) is 24.8. The zero-order chi connectivity index (χ0) is 23.3. The van der Waals surface area contributed by atoms with Crippen LogP contribution < -0.4 is 20.7 Å². The molecule has 1 aliphatic rings. The number of nitrogens with zero attached hydrogens (tertiary/aromatic N) is 3. The van der Waals surface area contributed by atoms with Gasteiger partial charge in [-0.1, -0.05) is 36.4 Å². The number of nitrogens with one attached hydrogen (secondary N) is 1.